The number of hydrogen-bond acceptors (Lipinski definition) is 9. The fourth-order valence-electron chi connectivity index (χ4n) is 5.43. The van der Waals surface area contributed by atoms with Crippen LogP contribution in [0.2, 0.25) is 0 Å². The van der Waals surface area contributed by atoms with Crippen LogP contribution in [0.25, 0.3) is 11.3 Å². The molecule has 0 radical (unpaired) electrons. The maximum Gasteiger partial charge on any atom is 0.251 e. The number of likely N-dealkylation sites (tertiary alicyclic amines) is 1. The highest BCUT2D eigenvalue weighted by Gasteiger charge is 2.52. The van der Waals surface area contributed by atoms with Crippen LogP contribution in [0.5, 0.6) is 0 Å². The Bertz CT molecular complexity index is 1230. The van der Waals surface area contributed by atoms with Crippen LogP contribution in [-0.2, 0) is 14.3 Å². The lowest BCUT2D eigenvalue weighted by Gasteiger charge is -2.31. The van der Waals surface area contributed by atoms with E-state index in [0.717, 1.165) is 37.5 Å². The SMILES string of the molecule is CC(C)C[C@H](NC(=O)c1ccc(-c2nc(N3CCN(C)CC3)sc2F)cc1)C(=O)N1CC(N)C2OCC(=O)C21. The number of ketones is 1. The van der Waals surface area contributed by atoms with Gasteiger partial charge in [-0.25, -0.2) is 4.98 Å². The van der Waals surface area contributed by atoms with E-state index < -0.39 is 30.1 Å². The van der Waals surface area contributed by atoms with Crippen LogP contribution in [0.3, 0.4) is 0 Å². The second-order valence-corrected chi connectivity index (χ2v) is 11.9. The fraction of sp³-hybridized carbons (Fsp3) is 0.556. The molecule has 3 fully saturated rings. The number of carbonyl (C=O) groups is 3. The summed E-state index contributed by atoms with van der Waals surface area (Å²) in [7, 11) is 2.06. The number of fused-ring (bicyclic) bond motifs is 1. The Morgan fingerprint density at radius 3 is 2.56 bits per heavy atom. The Morgan fingerprint density at radius 2 is 1.90 bits per heavy atom. The minimum Gasteiger partial charge on any atom is -0.366 e. The van der Waals surface area contributed by atoms with Crippen molar-refractivity contribution in [1.29, 1.82) is 0 Å². The molecule has 5 rings (SSSR count). The van der Waals surface area contributed by atoms with Crippen molar-refractivity contribution >= 4 is 34.1 Å². The Balaban J connectivity index is 1.28. The first-order valence-corrected chi connectivity index (χ1v) is 14.2. The third kappa shape index (κ3) is 5.69. The number of rotatable bonds is 7. The number of Topliss-reactive ketones (excluding diaryl/α,β-unsaturated/α-hetero) is 1. The molecule has 2 amide bonds. The predicted octanol–water partition coefficient (Wildman–Crippen LogP) is 1.35. The van der Waals surface area contributed by atoms with Crippen molar-refractivity contribution in [2.45, 2.75) is 44.5 Å². The van der Waals surface area contributed by atoms with E-state index in [0.29, 0.717) is 22.7 Å². The molecular formula is C27H35FN6O4S. The number of nitrogens with one attached hydrogen (secondary N) is 1. The number of thiazole rings is 1. The van der Waals surface area contributed by atoms with Gasteiger partial charge in [-0.15, -0.1) is 0 Å². The molecule has 3 N–H and O–H groups in total. The van der Waals surface area contributed by atoms with Gasteiger partial charge < -0.3 is 30.5 Å². The Labute approximate surface area is 231 Å². The molecular weight excluding hydrogens is 523 g/mol. The van der Waals surface area contributed by atoms with Crippen molar-refractivity contribution in [2.75, 3.05) is 51.3 Å². The van der Waals surface area contributed by atoms with E-state index in [9.17, 15) is 18.8 Å². The standard InChI is InChI=1S/C27H35FN6O4S/c1-15(2)12-19(26(37)34-13-18(29)23-22(34)20(35)14-38-23)30-25(36)17-6-4-16(5-7-17)21-24(28)39-27(31-21)33-10-8-32(3)9-11-33/h4-7,15,18-19,22-23H,8-14,29H2,1-3H3,(H,30,36)/t18?,19-,22?,23?/m0/s1. The zero-order valence-electron chi connectivity index (χ0n) is 22.4. The number of halogens is 1. The first-order valence-electron chi connectivity index (χ1n) is 13.3. The normalized spacial score (nSPS) is 24.4. The number of aromatic nitrogens is 1. The number of ether oxygens (including phenoxy) is 1. The highest BCUT2D eigenvalue weighted by atomic mass is 32.1. The largest absolute Gasteiger partial charge is 0.366 e. The number of carbonyl (C=O) groups excluding carboxylic acids is 3. The topological polar surface area (TPSA) is 121 Å². The number of nitrogens with two attached hydrogens (primary N) is 1. The van der Waals surface area contributed by atoms with Crippen LogP contribution < -0.4 is 16.0 Å². The molecule has 210 valence electrons. The minimum atomic E-state index is -0.821. The zero-order chi connectivity index (χ0) is 27.8. The van der Waals surface area contributed by atoms with Crippen molar-refractivity contribution in [3.8, 4) is 11.3 Å². The Hall–Kier alpha value is -2.93. The van der Waals surface area contributed by atoms with E-state index in [1.165, 1.54) is 4.90 Å². The Morgan fingerprint density at radius 1 is 1.21 bits per heavy atom. The van der Waals surface area contributed by atoms with Gasteiger partial charge in [-0.1, -0.05) is 37.3 Å². The molecule has 3 saturated heterocycles. The smallest absolute Gasteiger partial charge is 0.251 e. The number of piperazine rings is 1. The number of amides is 2. The average Bonchev–Trinajstić information content (AvgIpc) is 3.58. The summed E-state index contributed by atoms with van der Waals surface area (Å²) < 4.78 is 20.3. The number of likely N-dealkylation sites (N-methyl/N-ethyl adjacent to an activating group) is 1. The van der Waals surface area contributed by atoms with E-state index >= 15 is 0 Å². The van der Waals surface area contributed by atoms with Crippen molar-refractivity contribution in [3.63, 3.8) is 0 Å². The maximum absolute atomic E-state index is 14.8. The number of hydrogen-bond donors (Lipinski definition) is 2. The van der Waals surface area contributed by atoms with Crippen molar-refractivity contribution in [2.24, 2.45) is 11.7 Å². The summed E-state index contributed by atoms with van der Waals surface area (Å²) in [5, 5.41) is 3.14. The van der Waals surface area contributed by atoms with E-state index in [1.807, 2.05) is 13.8 Å². The second kappa shape index (κ2) is 11.3. The molecule has 4 heterocycles. The van der Waals surface area contributed by atoms with Gasteiger partial charge in [-0.3, -0.25) is 14.4 Å². The molecule has 3 aliphatic rings. The molecule has 4 atom stereocenters. The lowest BCUT2D eigenvalue weighted by atomic mass is 10.0. The Kier molecular flexibility index (Phi) is 7.99. The summed E-state index contributed by atoms with van der Waals surface area (Å²) in [6, 6.07) is 4.56. The fourth-order valence-corrected chi connectivity index (χ4v) is 6.30. The van der Waals surface area contributed by atoms with E-state index in [1.54, 1.807) is 24.3 Å². The van der Waals surface area contributed by atoms with Crippen molar-refractivity contribution in [1.82, 2.24) is 20.1 Å². The highest BCUT2D eigenvalue weighted by Crippen LogP contribution is 2.32. The van der Waals surface area contributed by atoms with Crippen molar-refractivity contribution in [3.05, 3.63) is 35.0 Å². The molecule has 0 aliphatic carbocycles. The molecule has 1 aromatic carbocycles. The third-order valence-corrected chi connectivity index (χ3v) is 8.49. The van der Waals surface area contributed by atoms with Gasteiger partial charge in [0, 0.05) is 43.9 Å². The van der Waals surface area contributed by atoms with Gasteiger partial charge in [0.25, 0.3) is 5.91 Å². The summed E-state index contributed by atoms with van der Waals surface area (Å²) in [5.41, 5.74) is 7.31. The summed E-state index contributed by atoms with van der Waals surface area (Å²) in [6.45, 7) is 7.46. The molecule has 12 heteroatoms. The van der Waals surface area contributed by atoms with Crippen LogP contribution in [0.15, 0.2) is 24.3 Å². The van der Waals surface area contributed by atoms with Crippen LogP contribution in [-0.4, -0.2) is 103 Å². The first kappa shape index (κ1) is 27.6. The molecule has 39 heavy (non-hydrogen) atoms. The van der Waals surface area contributed by atoms with Crippen LogP contribution >= 0.6 is 11.3 Å². The molecule has 0 bridgehead atoms. The van der Waals surface area contributed by atoms with E-state index in [2.05, 4.69) is 27.1 Å². The maximum atomic E-state index is 14.8. The summed E-state index contributed by atoms with van der Waals surface area (Å²) in [4.78, 5) is 49.4. The predicted molar refractivity (Wildman–Crippen MR) is 146 cm³/mol. The van der Waals surface area contributed by atoms with Gasteiger partial charge in [-0.05, 0) is 31.5 Å². The van der Waals surface area contributed by atoms with Crippen LogP contribution in [0.4, 0.5) is 9.52 Å². The van der Waals surface area contributed by atoms with Gasteiger partial charge in [-0.2, -0.15) is 4.39 Å². The van der Waals surface area contributed by atoms with Gasteiger partial charge in [0.05, 0.1) is 6.04 Å². The van der Waals surface area contributed by atoms with Crippen molar-refractivity contribution < 1.29 is 23.5 Å². The summed E-state index contributed by atoms with van der Waals surface area (Å²) in [6.07, 6.45) is -0.104. The third-order valence-electron chi connectivity index (χ3n) is 7.59. The molecule has 2 aromatic rings. The number of nitrogens with zero attached hydrogens (tertiary/aromatic N) is 4. The van der Waals surface area contributed by atoms with E-state index in [-0.39, 0.29) is 41.6 Å². The number of anilines is 1. The molecule has 3 unspecified atom stereocenters. The molecule has 0 spiro atoms. The minimum absolute atomic E-state index is 0.0587. The quantitative estimate of drug-likeness (QED) is 0.523. The molecule has 3 aliphatic heterocycles. The first-order chi connectivity index (χ1) is 18.6. The molecule has 10 nitrogen and oxygen atoms in total. The second-order valence-electron chi connectivity index (χ2n) is 11.0. The summed E-state index contributed by atoms with van der Waals surface area (Å²) in [5.74, 6) is -0.814. The number of benzene rings is 1. The lowest BCUT2D eigenvalue weighted by molar-refractivity contribution is -0.138. The van der Waals surface area contributed by atoms with Gasteiger partial charge in [0.1, 0.15) is 30.5 Å². The lowest BCUT2D eigenvalue weighted by Crippen LogP contribution is -2.52. The molecule has 1 aromatic heterocycles. The monoisotopic (exact) mass is 558 g/mol. The summed E-state index contributed by atoms with van der Waals surface area (Å²) >= 11 is 1.03. The van der Waals surface area contributed by atoms with E-state index in [4.69, 9.17) is 10.5 Å². The molecule has 0 saturated carbocycles. The van der Waals surface area contributed by atoms with Crippen LogP contribution in [0.1, 0.15) is 30.6 Å². The van der Waals surface area contributed by atoms with Gasteiger partial charge >= 0.3 is 0 Å². The van der Waals surface area contributed by atoms with Crippen LogP contribution in [0, 0.1) is 11.0 Å². The average molecular weight is 559 g/mol. The zero-order valence-corrected chi connectivity index (χ0v) is 23.2. The van der Waals surface area contributed by atoms with Gasteiger partial charge in [0.15, 0.2) is 10.9 Å². The highest BCUT2D eigenvalue weighted by molar-refractivity contribution is 7.14. The van der Waals surface area contributed by atoms with Gasteiger partial charge in [0.2, 0.25) is 11.0 Å².